The van der Waals surface area contributed by atoms with Crippen molar-refractivity contribution in [1.82, 2.24) is 10.3 Å². The highest BCUT2D eigenvalue weighted by molar-refractivity contribution is 7.14. The molecule has 3 aromatic rings. The standard InChI is InChI=1S/C17H11Cl2N3O2S/c18-11-7-4-8-12(19)14(11)15(23)21-16(24)22-17-20-13(9-25-17)10-5-2-1-3-6-10/h1-9H,(H2,20,21,22,23,24). The van der Waals surface area contributed by atoms with Crippen LogP contribution in [0.15, 0.2) is 53.9 Å². The summed E-state index contributed by atoms with van der Waals surface area (Å²) in [4.78, 5) is 28.5. The van der Waals surface area contributed by atoms with Gasteiger partial charge in [-0.15, -0.1) is 11.3 Å². The number of anilines is 1. The van der Waals surface area contributed by atoms with Crippen molar-refractivity contribution < 1.29 is 9.59 Å². The van der Waals surface area contributed by atoms with E-state index >= 15 is 0 Å². The summed E-state index contributed by atoms with van der Waals surface area (Å²) in [7, 11) is 0. The molecule has 25 heavy (non-hydrogen) atoms. The third-order valence-corrected chi connectivity index (χ3v) is 4.60. The number of thiazole rings is 1. The quantitative estimate of drug-likeness (QED) is 0.653. The Morgan fingerprint density at radius 1 is 0.960 bits per heavy atom. The third kappa shape index (κ3) is 4.17. The summed E-state index contributed by atoms with van der Waals surface area (Å²) in [5.41, 5.74) is 1.72. The molecule has 0 aliphatic rings. The van der Waals surface area contributed by atoms with E-state index in [2.05, 4.69) is 15.6 Å². The third-order valence-electron chi connectivity index (χ3n) is 3.21. The van der Waals surface area contributed by atoms with E-state index in [0.717, 1.165) is 11.3 Å². The first-order valence-electron chi connectivity index (χ1n) is 7.12. The molecule has 8 heteroatoms. The number of carbonyl (C=O) groups is 2. The van der Waals surface area contributed by atoms with Gasteiger partial charge in [0, 0.05) is 10.9 Å². The van der Waals surface area contributed by atoms with Gasteiger partial charge in [-0.3, -0.25) is 15.4 Å². The summed E-state index contributed by atoms with van der Waals surface area (Å²) in [5, 5.41) is 7.22. The largest absolute Gasteiger partial charge is 0.327 e. The lowest BCUT2D eigenvalue weighted by molar-refractivity contribution is 0.0967. The Morgan fingerprint density at radius 3 is 2.32 bits per heavy atom. The predicted molar refractivity (Wildman–Crippen MR) is 100 cm³/mol. The maximum Gasteiger partial charge on any atom is 0.327 e. The smallest absolute Gasteiger partial charge is 0.283 e. The van der Waals surface area contributed by atoms with Gasteiger partial charge in [-0.25, -0.2) is 9.78 Å². The topological polar surface area (TPSA) is 71.1 Å². The van der Waals surface area contributed by atoms with Crippen LogP contribution in [0.3, 0.4) is 0 Å². The van der Waals surface area contributed by atoms with Crippen LogP contribution in [0.25, 0.3) is 11.3 Å². The van der Waals surface area contributed by atoms with Crippen LogP contribution in [0, 0.1) is 0 Å². The lowest BCUT2D eigenvalue weighted by Gasteiger charge is -2.07. The van der Waals surface area contributed by atoms with E-state index in [1.54, 1.807) is 6.07 Å². The molecule has 5 nitrogen and oxygen atoms in total. The molecule has 0 saturated carbocycles. The molecule has 0 fully saturated rings. The number of hydrogen-bond acceptors (Lipinski definition) is 4. The van der Waals surface area contributed by atoms with Gasteiger partial charge < -0.3 is 0 Å². The molecule has 1 heterocycles. The van der Waals surface area contributed by atoms with Crippen LogP contribution in [-0.2, 0) is 0 Å². The minimum absolute atomic E-state index is 0.0464. The van der Waals surface area contributed by atoms with E-state index in [0.29, 0.717) is 5.13 Å². The first kappa shape index (κ1) is 17.4. The second-order valence-electron chi connectivity index (χ2n) is 4.91. The molecular weight excluding hydrogens is 381 g/mol. The normalized spacial score (nSPS) is 10.3. The summed E-state index contributed by atoms with van der Waals surface area (Å²) in [6.07, 6.45) is 0. The number of benzene rings is 2. The van der Waals surface area contributed by atoms with Crippen molar-refractivity contribution in [2.45, 2.75) is 0 Å². The van der Waals surface area contributed by atoms with E-state index in [1.807, 2.05) is 35.7 Å². The lowest BCUT2D eigenvalue weighted by Crippen LogP contribution is -2.34. The molecule has 0 unspecified atom stereocenters. The summed E-state index contributed by atoms with van der Waals surface area (Å²) in [6.45, 7) is 0. The fourth-order valence-electron chi connectivity index (χ4n) is 2.08. The van der Waals surface area contributed by atoms with E-state index in [-0.39, 0.29) is 15.6 Å². The fourth-order valence-corrected chi connectivity index (χ4v) is 3.37. The average molecular weight is 392 g/mol. The molecule has 0 spiro atoms. The summed E-state index contributed by atoms with van der Waals surface area (Å²) in [6, 6.07) is 13.5. The number of nitrogens with one attached hydrogen (secondary N) is 2. The zero-order valence-electron chi connectivity index (χ0n) is 12.6. The van der Waals surface area contributed by atoms with Crippen molar-refractivity contribution in [3.8, 4) is 11.3 Å². The molecule has 0 bridgehead atoms. The summed E-state index contributed by atoms with van der Waals surface area (Å²) < 4.78 is 0. The predicted octanol–water partition coefficient (Wildman–Crippen LogP) is 5.08. The maximum atomic E-state index is 12.2. The maximum absolute atomic E-state index is 12.2. The highest BCUT2D eigenvalue weighted by Crippen LogP contribution is 2.25. The van der Waals surface area contributed by atoms with Gasteiger partial charge in [-0.1, -0.05) is 59.6 Å². The van der Waals surface area contributed by atoms with E-state index in [1.165, 1.54) is 23.5 Å². The lowest BCUT2D eigenvalue weighted by atomic mass is 10.2. The van der Waals surface area contributed by atoms with E-state index in [4.69, 9.17) is 23.2 Å². The highest BCUT2D eigenvalue weighted by Gasteiger charge is 2.17. The number of urea groups is 1. The van der Waals surface area contributed by atoms with Gasteiger partial charge in [-0.05, 0) is 12.1 Å². The van der Waals surface area contributed by atoms with Crippen molar-refractivity contribution in [1.29, 1.82) is 0 Å². The van der Waals surface area contributed by atoms with Crippen LogP contribution in [0.5, 0.6) is 0 Å². The zero-order chi connectivity index (χ0) is 17.8. The Bertz CT molecular complexity index is 908. The minimum Gasteiger partial charge on any atom is -0.283 e. The number of halogens is 2. The van der Waals surface area contributed by atoms with Crippen molar-refractivity contribution in [3.63, 3.8) is 0 Å². The molecule has 3 amide bonds. The van der Waals surface area contributed by atoms with Crippen LogP contribution < -0.4 is 10.6 Å². The first-order chi connectivity index (χ1) is 12.0. The van der Waals surface area contributed by atoms with E-state index < -0.39 is 11.9 Å². The second kappa shape index (κ2) is 7.65. The van der Waals surface area contributed by atoms with Crippen LogP contribution in [0.4, 0.5) is 9.93 Å². The number of aromatic nitrogens is 1. The number of carbonyl (C=O) groups excluding carboxylic acids is 2. The molecule has 0 aliphatic heterocycles. The van der Waals surface area contributed by atoms with E-state index in [9.17, 15) is 9.59 Å². The van der Waals surface area contributed by atoms with Crippen LogP contribution >= 0.6 is 34.5 Å². The molecule has 1 aromatic heterocycles. The molecule has 2 N–H and O–H groups in total. The Labute approximate surface area is 157 Å². The van der Waals surface area contributed by atoms with Gasteiger partial charge in [0.1, 0.15) is 0 Å². The Hall–Kier alpha value is -2.41. The van der Waals surface area contributed by atoms with Crippen LogP contribution in [0.2, 0.25) is 10.0 Å². The Kier molecular flexibility index (Phi) is 5.33. The number of imide groups is 1. The van der Waals surface area contributed by atoms with Crippen molar-refractivity contribution in [2.24, 2.45) is 0 Å². The minimum atomic E-state index is -0.713. The summed E-state index contributed by atoms with van der Waals surface area (Å²) in [5.74, 6) is -0.687. The van der Waals surface area contributed by atoms with Crippen molar-refractivity contribution in [2.75, 3.05) is 5.32 Å². The van der Waals surface area contributed by atoms with Gasteiger partial charge in [0.25, 0.3) is 5.91 Å². The molecule has 0 saturated heterocycles. The monoisotopic (exact) mass is 391 g/mol. The SMILES string of the molecule is O=C(NC(=O)c1c(Cl)cccc1Cl)Nc1nc(-c2ccccc2)cs1. The van der Waals surface area contributed by atoms with Crippen LogP contribution in [0.1, 0.15) is 10.4 Å². The molecule has 0 atom stereocenters. The van der Waals surface area contributed by atoms with Crippen molar-refractivity contribution >= 4 is 51.6 Å². The number of rotatable bonds is 3. The Morgan fingerprint density at radius 2 is 1.64 bits per heavy atom. The molecule has 0 aliphatic carbocycles. The van der Waals surface area contributed by atoms with Gasteiger partial charge >= 0.3 is 6.03 Å². The molecule has 126 valence electrons. The molecular formula is C17H11Cl2N3O2S. The molecule has 0 radical (unpaired) electrons. The van der Waals surface area contributed by atoms with Gasteiger partial charge in [0.2, 0.25) is 0 Å². The summed E-state index contributed by atoms with van der Waals surface area (Å²) >= 11 is 13.2. The second-order valence-corrected chi connectivity index (χ2v) is 6.58. The number of amides is 3. The Balaban J connectivity index is 1.67. The first-order valence-corrected chi connectivity index (χ1v) is 8.75. The average Bonchev–Trinajstić information content (AvgIpc) is 3.03. The van der Waals surface area contributed by atoms with Gasteiger partial charge in [-0.2, -0.15) is 0 Å². The fraction of sp³-hybridized carbons (Fsp3) is 0. The van der Waals surface area contributed by atoms with Gasteiger partial charge in [0.15, 0.2) is 5.13 Å². The highest BCUT2D eigenvalue weighted by atomic mass is 35.5. The molecule has 2 aromatic carbocycles. The zero-order valence-corrected chi connectivity index (χ0v) is 15.0. The molecule has 3 rings (SSSR count). The number of nitrogens with zero attached hydrogens (tertiary/aromatic N) is 1. The van der Waals surface area contributed by atoms with Crippen LogP contribution in [-0.4, -0.2) is 16.9 Å². The van der Waals surface area contributed by atoms with Crippen molar-refractivity contribution in [3.05, 3.63) is 69.5 Å². The number of hydrogen-bond donors (Lipinski definition) is 2. The van der Waals surface area contributed by atoms with Gasteiger partial charge in [0.05, 0.1) is 21.3 Å².